The van der Waals surface area contributed by atoms with Crippen molar-refractivity contribution in [3.05, 3.63) is 23.9 Å². The normalized spacial score (nSPS) is 19.2. The molecule has 1 aromatic heterocycles. The first-order valence-electron chi connectivity index (χ1n) is 5.48. The second-order valence-electron chi connectivity index (χ2n) is 4.66. The molecule has 1 fully saturated rings. The Bertz CT molecular complexity index is 402. The number of nitriles is 1. The highest BCUT2D eigenvalue weighted by atomic mass is 15.3. The van der Waals surface area contributed by atoms with E-state index in [1.165, 1.54) is 0 Å². The van der Waals surface area contributed by atoms with Gasteiger partial charge in [-0.2, -0.15) is 5.26 Å². The summed E-state index contributed by atoms with van der Waals surface area (Å²) in [5.41, 5.74) is 0.677. The van der Waals surface area contributed by atoms with Gasteiger partial charge in [0.05, 0.1) is 5.56 Å². The first-order valence-corrected chi connectivity index (χ1v) is 5.48. The minimum atomic E-state index is 0.0689. The molecule has 16 heavy (non-hydrogen) atoms. The average molecular weight is 216 g/mol. The fourth-order valence-electron chi connectivity index (χ4n) is 2.02. The van der Waals surface area contributed by atoms with E-state index in [1.54, 1.807) is 6.20 Å². The van der Waals surface area contributed by atoms with Crippen molar-refractivity contribution in [3.8, 4) is 6.07 Å². The molecule has 4 nitrogen and oxygen atoms in total. The van der Waals surface area contributed by atoms with Gasteiger partial charge in [0, 0.05) is 31.4 Å². The van der Waals surface area contributed by atoms with Crippen LogP contribution in [0.2, 0.25) is 0 Å². The van der Waals surface area contributed by atoms with E-state index in [-0.39, 0.29) is 5.54 Å². The Balaban J connectivity index is 2.25. The van der Waals surface area contributed by atoms with Gasteiger partial charge in [-0.1, -0.05) is 0 Å². The molecule has 0 aliphatic carbocycles. The van der Waals surface area contributed by atoms with Crippen molar-refractivity contribution in [2.75, 3.05) is 24.5 Å². The Kier molecular flexibility index (Phi) is 2.80. The molecule has 84 valence electrons. The topological polar surface area (TPSA) is 52.0 Å². The summed E-state index contributed by atoms with van der Waals surface area (Å²) in [5.74, 6) is 0.950. The van der Waals surface area contributed by atoms with Crippen LogP contribution in [0.25, 0.3) is 0 Å². The lowest BCUT2D eigenvalue weighted by atomic mass is 10.0. The first kappa shape index (κ1) is 10.9. The lowest BCUT2D eigenvalue weighted by molar-refractivity contribution is 0.378. The van der Waals surface area contributed by atoms with Crippen molar-refractivity contribution in [1.82, 2.24) is 10.3 Å². The van der Waals surface area contributed by atoms with Crippen LogP contribution in [-0.2, 0) is 0 Å². The minimum Gasteiger partial charge on any atom is -0.349 e. The van der Waals surface area contributed by atoms with Crippen molar-refractivity contribution >= 4 is 5.82 Å². The minimum absolute atomic E-state index is 0.0689. The Hall–Kier alpha value is -1.60. The maximum absolute atomic E-state index is 8.73. The lowest BCUT2D eigenvalue weighted by Gasteiger charge is -2.43. The summed E-state index contributed by atoms with van der Waals surface area (Å²) in [4.78, 5) is 6.63. The zero-order valence-electron chi connectivity index (χ0n) is 9.70. The number of rotatable bonds is 1. The highest BCUT2D eigenvalue weighted by Crippen LogP contribution is 2.23. The van der Waals surface area contributed by atoms with Gasteiger partial charge in [-0.05, 0) is 26.0 Å². The van der Waals surface area contributed by atoms with E-state index in [0.717, 1.165) is 25.5 Å². The molecule has 1 saturated heterocycles. The quantitative estimate of drug-likeness (QED) is 0.765. The average Bonchev–Trinajstić information content (AvgIpc) is 2.29. The Morgan fingerprint density at radius 1 is 1.50 bits per heavy atom. The third kappa shape index (κ3) is 2.00. The van der Waals surface area contributed by atoms with Gasteiger partial charge in [-0.25, -0.2) is 4.98 Å². The predicted molar refractivity (Wildman–Crippen MR) is 63.2 cm³/mol. The smallest absolute Gasteiger partial charge is 0.129 e. The van der Waals surface area contributed by atoms with Gasteiger partial charge in [0.2, 0.25) is 0 Å². The number of hydrogen-bond donors (Lipinski definition) is 1. The van der Waals surface area contributed by atoms with Crippen molar-refractivity contribution < 1.29 is 0 Å². The van der Waals surface area contributed by atoms with E-state index in [9.17, 15) is 0 Å². The highest BCUT2D eigenvalue weighted by Gasteiger charge is 2.30. The molecule has 1 aliphatic heterocycles. The van der Waals surface area contributed by atoms with E-state index in [1.807, 2.05) is 12.1 Å². The number of hydrogen-bond acceptors (Lipinski definition) is 4. The molecule has 0 bridgehead atoms. The van der Waals surface area contributed by atoms with Crippen molar-refractivity contribution in [3.63, 3.8) is 0 Å². The van der Waals surface area contributed by atoms with Crippen molar-refractivity contribution in [2.24, 2.45) is 0 Å². The molecule has 0 amide bonds. The van der Waals surface area contributed by atoms with E-state index in [0.29, 0.717) is 5.56 Å². The number of nitrogens with zero attached hydrogens (tertiary/aromatic N) is 3. The SMILES string of the molecule is CC1(C)CNCCN1c1ccc(C#N)cn1. The molecule has 0 aromatic carbocycles. The summed E-state index contributed by atoms with van der Waals surface area (Å²) in [5, 5.41) is 12.1. The monoisotopic (exact) mass is 216 g/mol. The zero-order valence-corrected chi connectivity index (χ0v) is 9.70. The third-order valence-electron chi connectivity index (χ3n) is 2.95. The van der Waals surface area contributed by atoms with Crippen LogP contribution in [0.15, 0.2) is 18.3 Å². The first-order chi connectivity index (χ1) is 7.63. The molecule has 2 heterocycles. The molecule has 0 saturated carbocycles. The molecule has 1 aliphatic rings. The molecular formula is C12H16N4. The fraction of sp³-hybridized carbons (Fsp3) is 0.500. The Morgan fingerprint density at radius 3 is 2.88 bits per heavy atom. The van der Waals surface area contributed by atoms with Gasteiger partial charge >= 0.3 is 0 Å². The number of pyridine rings is 1. The Labute approximate surface area is 95.9 Å². The molecule has 1 aromatic rings. The Morgan fingerprint density at radius 2 is 2.31 bits per heavy atom. The molecular weight excluding hydrogens is 200 g/mol. The van der Waals surface area contributed by atoms with Gasteiger partial charge in [0.25, 0.3) is 0 Å². The van der Waals surface area contributed by atoms with Crippen LogP contribution >= 0.6 is 0 Å². The number of anilines is 1. The summed E-state index contributed by atoms with van der Waals surface area (Å²) in [6, 6.07) is 5.83. The van der Waals surface area contributed by atoms with E-state index in [4.69, 9.17) is 5.26 Å². The summed E-state index contributed by atoms with van der Waals surface area (Å²) < 4.78 is 0. The molecule has 0 radical (unpaired) electrons. The van der Waals surface area contributed by atoms with Gasteiger partial charge in [0.1, 0.15) is 11.9 Å². The van der Waals surface area contributed by atoms with Crippen molar-refractivity contribution in [2.45, 2.75) is 19.4 Å². The number of aromatic nitrogens is 1. The molecule has 2 rings (SSSR count). The van der Waals surface area contributed by atoms with Gasteiger partial charge in [-0.15, -0.1) is 0 Å². The largest absolute Gasteiger partial charge is 0.349 e. The predicted octanol–water partition coefficient (Wildman–Crippen LogP) is 1.14. The number of piperazine rings is 1. The summed E-state index contributed by atoms with van der Waals surface area (Å²) in [7, 11) is 0. The second-order valence-corrected chi connectivity index (χ2v) is 4.66. The standard InChI is InChI=1S/C12H16N4/c1-12(2)9-14-5-6-16(12)11-4-3-10(7-13)8-15-11/h3-4,8,14H,5-6,9H2,1-2H3. The molecule has 0 unspecified atom stereocenters. The van der Waals surface area contributed by atoms with Gasteiger partial charge < -0.3 is 10.2 Å². The van der Waals surface area contributed by atoms with Crippen LogP contribution in [0.5, 0.6) is 0 Å². The van der Waals surface area contributed by atoms with E-state index < -0.39 is 0 Å². The molecule has 1 N–H and O–H groups in total. The van der Waals surface area contributed by atoms with Crippen LogP contribution in [0, 0.1) is 11.3 Å². The molecule has 0 spiro atoms. The van der Waals surface area contributed by atoms with Crippen LogP contribution in [0.3, 0.4) is 0 Å². The van der Waals surface area contributed by atoms with Crippen LogP contribution in [-0.4, -0.2) is 30.2 Å². The van der Waals surface area contributed by atoms with Crippen LogP contribution in [0.4, 0.5) is 5.82 Å². The van der Waals surface area contributed by atoms with Gasteiger partial charge in [-0.3, -0.25) is 0 Å². The maximum atomic E-state index is 8.73. The second kappa shape index (κ2) is 4.11. The maximum Gasteiger partial charge on any atom is 0.129 e. The zero-order chi connectivity index (χ0) is 11.6. The molecule has 4 heteroatoms. The number of nitrogens with one attached hydrogen (secondary N) is 1. The molecule has 0 atom stereocenters. The fourth-order valence-corrected chi connectivity index (χ4v) is 2.02. The summed E-state index contributed by atoms with van der Waals surface area (Å²) >= 11 is 0. The van der Waals surface area contributed by atoms with Crippen molar-refractivity contribution in [1.29, 1.82) is 5.26 Å². The summed E-state index contributed by atoms with van der Waals surface area (Å²) in [6.07, 6.45) is 1.63. The summed E-state index contributed by atoms with van der Waals surface area (Å²) in [6.45, 7) is 7.27. The highest BCUT2D eigenvalue weighted by molar-refractivity contribution is 5.45. The van der Waals surface area contributed by atoms with Crippen LogP contribution < -0.4 is 10.2 Å². The van der Waals surface area contributed by atoms with Gasteiger partial charge in [0.15, 0.2) is 0 Å². The van der Waals surface area contributed by atoms with E-state index in [2.05, 4.69) is 35.1 Å². The lowest BCUT2D eigenvalue weighted by Crippen LogP contribution is -2.58. The van der Waals surface area contributed by atoms with E-state index >= 15 is 0 Å². The van der Waals surface area contributed by atoms with Crippen LogP contribution in [0.1, 0.15) is 19.4 Å². The third-order valence-corrected chi connectivity index (χ3v) is 2.95.